The zero-order valence-corrected chi connectivity index (χ0v) is 10.7. The molecule has 0 aliphatic carbocycles. The van der Waals surface area contributed by atoms with Gasteiger partial charge in [-0.25, -0.2) is 0 Å². The van der Waals surface area contributed by atoms with Gasteiger partial charge in [-0.3, -0.25) is 4.79 Å². The van der Waals surface area contributed by atoms with Crippen LogP contribution in [0.3, 0.4) is 0 Å². The van der Waals surface area contributed by atoms with Crippen LogP contribution in [0.5, 0.6) is 0 Å². The van der Waals surface area contributed by atoms with Gasteiger partial charge in [-0.15, -0.1) is 0 Å². The highest BCUT2D eigenvalue weighted by atomic mass is 16.5. The molecule has 0 aromatic rings. The van der Waals surface area contributed by atoms with E-state index in [0.29, 0.717) is 18.6 Å². The maximum Gasteiger partial charge on any atom is 0.236 e. The number of nitrogens with one attached hydrogen (secondary N) is 1. The molecule has 1 saturated heterocycles. The summed E-state index contributed by atoms with van der Waals surface area (Å²) in [6.45, 7) is 7.10. The number of hydrogen-bond donors (Lipinski definition) is 1. The van der Waals surface area contributed by atoms with Gasteiger partial charge in [-0.1, -0.05) is 6.92 Å². The predicted molar refractivity (Wildman–Crippen MR) is 64.3 cm³/mol. The average Bonchev–Trinajstić information content (AvgIpc) is 2.75. The molecule has 0 aromatic heterocycles. The number of hydrogen-bond acceptors (Lipinski definition) is 3. The van der Waals surface area contributed by atoms with Crippen LogP contribution in [0.1, 0.15) is 26.7 Å². The lowest BCUT2D eigenvalue weighted by Gasteiger charge is -2.19. The molecule has 4 heteroatoms. The molecule has 1 fully saturated rings. The Bertz CT molecular complexity index is 221. The van der Waals surface area contributed by atoms with E-state index in [2.05, 4.69) is 12.2 Å². The minimum atomic E-state index is 0.162. The fourth-order valence-electron chi connectivity index (χ4n) is 2.05. The van der Waals surface area contributed by atoms with Crippen molar-refractivity contribution in [3.05, 3.63) is 0 Å². The monoisotopic (exact) mass is 228 g/mol. The number of carbonyl (C=O) groups excluding carboxylic acids is 1. The molecule has 0 spiro atoms. The van der Waals surface area contributed by atoms with Crippen LogP contribution >= 0.6 is 0 Å². The fraction of sp³-hybridized carbons (Fsp3) is 0.917. The van der Waals surface area contributed by atoms with Gasteiger partial charge in [0, 0.05) is 26.7 Å². The van der Waals surface area contributed by atoms with Gasteiger partial charge in [-0.2, -0.15) is 0 Å². The van der Waals surface area contributed by atoms with Gasteiger partial charge in [0.15, 0.2) is 0 Å². The Morgan fingerprint density at radius 1 is 1.50 bits per heavy atom. The molecule has 1 N–H and O–H groups in total. The second-order valence-electron chi connectivity index (χ2n) is 4.41. The molecule has 16 heavy (non-hydrogen) atoms. The van der Waals surface area contributed by atoms with Gasteiger partial charge in [-0.05, 0) is 25.7 Å². The third-order valence-corrected chi connectivity index (χ3v) is 3.33. The van der Waals surface area contributed by atoms with E-state index in [1.54, 1.807) is 4.90 Å². The lowest BCUT2D eigenvalue weighted by Crippen LogP contribution is -2.38. The first-order valence-electron chi connectivity index (χ1n) is 6.25. The number of likely N-dealkylation sites (N-methyl/N-ethyl adjacent to an activating group) is 1. The van der Waals surface area contributed by atoms with E-state index >= 15 is 0 Å². The van der Waals surface area contributed by atoms with Crippen LogP contribution in [0, 0.1) is 5.92 Å². The first-order valence-corrected chi connectivity index (χ1v) is 6.25. The lowest BCUT2D eigenvalue weighted by atomic mass is 10.00. The van der Waals surface area contributed by atoms with Gasteiger partial charge in [0.05, 0.1) is 12.6 Å². The molecule has 0 saturated carbocycles. The van der Waals surface area contributed by atoms with Gasteiger partial charge in [0.25, 0.3) is 0 Å². The van der Waals surface area contributed by atoms with Gasteiger partial charge in [0.1, 0.15) is 0 Å². The van der Waals surface area contributed by atoms with E-state index in [1.165, 1.54) is 0 Å². The molecule has 0 bridgehead atoms. The summed E-state index contributed by atoms with van der Waals surface area (Å²) < 4.78 is 5.61. The Labute approximate surface area is 98.3 Å². The summed E-state index contributed by atoms with van der Waals surface area (Å²) in [7, 11) is 1.83. The Hall–Kier alpha value is -0.610. The van der Waals surface area contributed by atoms with E-state index < -0.39 is 0 Å². The lowest BCUT2D eigenvalue weighted by molar-refractivity contribution is -0.128. The third-order valence-electron chi connectivity index (χ3n) is 3.33. The fourth-order valence-corrected chi connectivity index (χ4v) is 2.05. The maximum absolute atomic E-state index is 11.5. The molecule has 1 amide bonds. The Kier molecular flexibility index (Phi) is 5.77. The van der Waals surface area contributed by atoms with Crippen molar-refractivity contribution in [2.45, 2.75) is 32.8 Å². The van der Waals surface area contributed by atoms with Crippen molar-refractivity contribution in [3.8, 4) is 0 Å². The van der Waals surface area contributed by atoms with Crippen molar-refractivity contribution in [1.29, 1.82) is 0 Å². The van der Waals surface area contributed by atoms with Crippen molar-refractivity contribution in [3.63, 3.8) is 0 Å². The molecule has 2 atom stereocenters. The number of amides is 1. The summed E-state index contributed by atoms with van der Waals surface area (Å²) in [6, 6.07) is 0. The number of rotatable bonds is 6. The van der Waals surface area contributed by atoms with E-state index in [0.717, 1.165) is 32.5 Å². The van der Waals surface area contributed by atoms with Crippen LogP contribution < -0.4 is 5.32 Å². The van der Waals surface area contributed by atoms with Crippen molar-refractivity contribution in [2.24, 2.45) is 5.92 Å². The van der Waals surface area contributed by atoms with Crippen LogP contribution in [0.15, 0.2) is 0 Å². The molecule has 94 valence electrons. The highest BCUT2D eigenvalue weighted by Crippen LogP contribution is 2.22. The molecular weight excluding hydrogens is 204 g/mol. The van der Waals surface area contributed by atoms with Crippen molar-refractivity contribution in [1.82, 2.24) is 10.2 Å². The van der Waals surface area contributed by atoms with Crippen LogP contribution in [0.2, 0.25) is 0 Å². The highest BCUT2D eigenvalue weighted by molar-refractivity contribution is 5.77. The van der Waals surface area contributed by atoms with E-state index in [9.17, 15) is 4.79 Å². The summed E-state index contributed by atoms with van der Waals surface area (Å²) >= 11 is 0. The summed E-state index contributed by atoms with van der Waals surface area (Å²) in [5.74, 6) is 0.735. The topological polar surface area (TPSA) is 41.6 Å². The van der Waals surface area contributed by atoms with Gasteiger partial charge in [0.2, 0.25) is 5.91 Å². The normalized spacial score (nSPS) is 24.7. The molecule has 0 radical (unpaired) electrons. The summed E-state index contributed by atoms with van der Waals surface area (Å²) in [4.78, 5) is 13.3. The van der Waals surface area contributed by atoms with E-state index in [-0.39, 0.29) is 5.91 Å². The molecule has 1 aliphatic rings. The molecule has 2 unspecified atom stereocenters. The average molecular weight is 228 g/mol. The largest absolute Gasteiger partial charge is 0.378 e. The second kappa shape index (κ2) is 6.86. The van der Waals surface area contributed by atoms with Gasteiger partial charge < -0.3 is 15.0 Å². The van der Waals surface area contributed by atoms with Crippen molar-refractivity contribution < 1.29 is 9.53 Å². The molecule has 4 nitrogen and oxygen atoms in total. The van der Waals surface area contributed by atoms with Crippen molar-refractivity contribution >= 4 is 5.91 Å². The van der Waals surface area contributed by atoms with Crippen molar-refractivity contribution in [2.75, 3.05) is 33.3 Å². The van der Waals surface area contributed by atoms with E-state index in [4.69, 9.17) is 4.74 Å². The Morgan fingerprint density at radius 2 is 2.25 bits per heavy atom. The minimum Gasteiger partial charge on any atom is -0.378 e. The molecule has 1 heterocycles. The third kappa shape index (κ3) is 3.76. The first-order chi connectivity index (χ1) is 7.69. The van der Waals surface area contributed by atoms with Crippen LogP contribution in [-0.2, 0) is 9.53 Å². The molecule has 0 aromatic carbocycles. The SMILES string of the molecule is CCC1OCCC1CNCC(=O)N(C)CC. The first kappa shape index (κ1) is 13.5. The number of ether oxygens (including phenoxy) is 1. The standard InChI is InChI=1S/C12H24N2O2/c1-4-11-10(6-7-16-11)8-13-9-12(15)14(3)5-2/h10-11,13H,4-9H2,1-3H3. The predicted octanol–water partition coefficient (Wildman–Crippen LogP) is 0.869. The summed E-state index contributed by atoms with van der Waals surface area (Å²) in [5.41, 5.74) is 0. The zero-order chi connectivity index (χ0) is 12.0. The summed E-state index contributed by atoms with van der Waals surface area (Å²) in [5, 5.41) is 3.24. The highest BCUT2D eigenvalue weighted by Gasteiger charge is 2.26. The van der Waals surface area contributed by atoms with Crippen LogP contribution in [-0.4, -0.2) is 50.2 Å². The van der Waals surface area contributed by atoms with Crippen LogP contribution in [0.25, 0.3) is 0 Å². The van der Waals surface area contributed by atoms with Crippen LogP contribution in [0.4, 0.5) is 0 Å². The smallest absolute Gasteiger partial charge is 0.236 e. The summed E-state index contributed by atoms with van der Waals surface area (Å²) in [6.07, 6.45) is 2.56. The zero-order valence-electron chi connectivity index (χ0n) is 10.7. The molecular formula is C12H24N2O2. The molecule has 1 rings (SSSR count). The number of carbonyl (C=O) groups is 1. The minimum absolute atomic E-state index is 0.162. The Balaban J connectivity index is 2.17. The quantitative estimate of drug-likeness (QED) is 0.733. The number of nitrogens with zero attached hydrogens (tertiary/aromatic N) is 1. The van der Waals surface area contributed by atoms with Gasteiger partial charge >= 0.3 is 0 Å². The maximum atomic E-state index is 11.5. The Morgan fingerprint density at radius 3 is 2.88 bits per heavy atom. The van der Waals surface area contributed by atoms with E-state index in [1.807, 2.05) is 14.0 Å². The second-order valence-corrected chi connectivity index (χ2v) is 4.41. The molecule has 1 aliphatic heterocycles.